The predicted octanol–water partition coefficient (Wildman–Crippen LogP) is 3.29. The second kappa shape index (κ2) is 10.7. The molecule has 0 spiro atoms. The van der Waals surface area contributed by atoms with Crippen molar-refractivity contribution in [1.29, 1.82) is 0 Å². The molecule has 0 rings (SSSR count). The van der Waals surface area contributed by atoms with E-state index < -0.39 is 8.80 Å². The van der Waals surface area contributed by atoms with Crippen molar-refractivity contribution in [2.75, 3.05) is 26.4 Å². The second-order valence-electron chi connectivity index (χ2n) is 6.69. The van der Waals surface area contributed by atoms with E-state index in [2.05, 4.69) is 41.5 Å². The van der Waals surface area contributed by atoms with Gasteiger partial charge in [-0.05, 0) is 30.7 Å². The Labute approximate surface area is 126 Å². The van der Waals surface area contributed by atoms with Gasteiger partial charge in [0.25, 0.3) is 0 Å². The molecule has 0 saturated carbocycles. The highest BCUT2D eigenvalue weighted by Crippen LogP contribution is 2.21. The SMILES string of the molecule is CC(C)CO[Si](CCCN)(OCC(C)C)OCC(C)C. The van der Waals surface area contributed by atoms with Crippen LogP contribution >= 0.6 is 0 Å². The maximum atomic E-state index is 6.13. The van der Waals surface area contributed by atoms with Gasteiger partial charge >= 0.3 is 8.80 Å². The van der Waals surface area contributed by atoms with Crippen LogP contribution in [0.4, 0.5) is 0 Å². The third-order valence-electron chi connectivity index (χ3n) is 2.60. The highest BCUT2D eigenvalue weighted by atomic mass is 28.4. The Morgan fingerprint density at radius 2 is 1.10 bits per heavy atom. The smallest absolute Gasteiger partial charge is 0.373 e. The molecule has 0 aromatic heterocycles. The molecule has 0 saturated heterocycles. The minimum Gasteiger partial charge on any atom is -0.373 e. The molecule has 0 unspecified atom stereocenters. The van der Waals surface area contributed by atoms with E-state index in [9.17, 15) is 0 Å². The van der Waals surface area contributed by atoms with Crippen molar-refractivity contribution < 1.29 is 13.3 Å². The minimum atomic E-state index is -2.58. The van der Waals surface area contributed by atoms with E-state index in [0.29, 0.717) is 44.1 Å². The maximum Gasteiger partial charge on any atom is 0.501 e. The van der Waals surface area contributed by atoms with Crippen molar-refractivity contribution >= 4 is 8.80 Å². The van der Waals surface area contributed by atoms with Crippen LogP contribution in [0.5, 0.6) is 0 Å². The highest BCUT2D eigenvalue weighted by molar-refractivity contribution is 6.60. The molecule has 4 nitrogen and oxygen atoms in total. The fourth-order valence-electron chi connectivity index (χ4n) is 1.54. The predicted molar refractivity (Wildman–Crippen MR) is 86.6 cm³/mol. The number of nitrogens with two attached hydrogens (primary N) is 1. The minimum absolute atomic E-state index is 0.477. The molecule has 0 aliphatic heterocycles. The molecule has 2 N–H and O–H groups in total. The Morgan fingerprint density at radius 3 is 1.35 bits per heavy atom. The van der Waals surface area contributed by atoms with Gasteiger partial charge in [0.1, 0.15) is 0 Å². The van der Waals surface area contributed by atoms with Gasteiger partial charge in [-0.3, -0.25) is 0 Å². The monoisotopic (exact) mass is 305 g/mol. The third kappa shape index (κ3) is 9.88. The maximum absolute atomic E-state index is 6.13. The Bertz CT molecular complexity index is 204. The standard InChI is InChI=1S/C15H35NO3Si/c1-13(2)10-17-20(9-7-8-16,18-11-14(3)4)19-12-15(5)6/h13-15H,7-12,16H2,1-6H3. The molecule has 0 radical (unpaired) electrons. The first-order valence-corrected chi connectivity index (χ1v) is 9.86. The highest BCUT2D eigenvalue weighted by Gasteiger charge is 2.41. The summed E-state index contributed by atoms with van der Waals surface area (Å²) in [6, 6.07) is 0.815. The number of hydrogen-bond donors (Lipinski definition) is 1. The first-order valence-electron chi connectivity index (χ1n) is 7.93. The third-order valence-corrected chi connectivity index (χ3v) is 5.38. The van der Waals surface area contributed by atoms with Crippen LogP contribution in [0.1, 0.15) is 48.0 Å². The summed E-state index contributed by atoms with van der Waals surface area (Å²) >= 11 is 0. The van der Waals surface area contributed by atoms with Crippen molar-refractivity contribution in [1.82, 2.24) is 0 Å². The Hall–Kier alpha value is 0.0569. The summed E-state index contributed by atoms with van der Waals surface area (Å²) in [4.78, 5) is 0. The van der Waals surface area contributed by atoms with Crippen LogP contribution in [0.15, 0.2) is 0 Å². The lowest BCUT2D eigenvalue weighted by Crippen LogP contribution is -2.48. The molecular formula is C15H35NO3Si. The lowest BCUT2D eigenvalue weighted by atomic mass is 10.2. The molecule has 0 aliphatic carbocycles. The molecule has 0 fully saturated rings. The van der Waals surface area contributed by atoms with Crippen molar-refractivity contribution in [2.45, 2.75) is 54.0 Å². The van der Waals surface area contributed by atoms with Gasteiger partial charge in [-0.1, -0.05) is 41.5 Å². The van der Waals surface area contributed by atoms with Crippen LogP contribution in [0.3, 0.4) is 0 Å². The summed E-state index contributed by atoms with van der Waals surface area (Å²) in [5.41, 5.74) is 5.66. The molecule has 0 atom stereocenters. The van der Waals surface area contributed by atoms with E-state index in [1.807, 2.05) is 0 Å². The summed E-state index contributed by atoms with van der Waals surface area (Å²) in [6.07, 6.45) is 0.889. The molecule has 0 bridgehead atoms. The van der Waals surface area contributed by atoms with Crippen LogP contribution in [0, 0.1) is 17.8 Å². The zero-order valence-electron chi connectivity index (χ0n) is 14.3. The zero-order valence-corrected chi connectivity index (χ0v) is 15.3. The van der Waals surface area contributed by atoms with E-state index in [1.54, 1.807) is 0 Å². The van der Waals surface area contributed by atoms with Gasteiger partial charge < -0.3 is 19.0 Å². The lowest BCUT2D eigenvalue weighted by Gasteiger charge is -2.31. The average molecular weight is 306 g/mol. The van der Waals surface area contributed by atoms with Gasteiger partial charge in [0.05, 0.1) is 0 Å². The quantitative estimate of drug-likeness (QED) is 0.562. The molecule has 0 amide bonds. The van der Waals surface area contributed by atoms with E-state index in [0.717, 1.165) is 12.5 Å². The van der Waals surface area contributed by atoms with Gasteiger partial charge in [-0.25, -0.2) is 0 Å². The van der Waals surface area contributed by atoms with Gasteiger partial charge in [0.15, 0.2) is 0 Å². The molecule has 20 heavy (non-hydrogen) atoms. The summed E-state index contributed by atoms with van der Waals surface area (Å²) < 4.78 is 18.4. The van der Waals surface area contributed by atoms with Gasteiger partial charge in [0.2, 0.25) is 0 Å². The van der Waals surface area contributed by atoms with Gasteiger partial charge in [-0.15, -0.1) is 0 Å². The summed E-state index contributed by atoms with van der Waals surface area (Å²) in [7, 11) is -2.58. The molecule has 0 aromatic rings. The number of rotatable bonds is 12. The van der Waals surface area contributed by atoms with E-state index in [-0.39, 0.29) is 0 Å². The second-order valence-corrected chi connectivity index (χ2v) is 9.42. The van der Waals surface area contributed by atoms with Crippen LogP contribution in [-0.4, -0.2) is 35.2 Å². The summed E-state index contributed by atoms with van der Waals surface area (Å²) in [5.74, 6) is 1.43. The van der Waals surface area contributed by atoms with Crippen molar-refractivity contribution in [3.05, 3.63) is 0 Å². The normalized spacial score (nSPS) is 12.9. The largest absolute Gasteiger partial charge is 0.501 e. The van der Waals surface area contributed by atoms with Crippen molar-refractivity contribution in [3.8, 4) is 0 Å². The molecular weight excluding hydrogens is 270 g/mol. The first-order chi connectivity index (χ1) is 9.31. The Balaban J connectivity index is 4.74. The fourth-order valence-corrected chi connectivity index (χ4v) is 4.62. The lowest BCUT2D eigenvalue weighted by molar-refractivity contribution is 0.0365. The summed E-state index contributed by atoms with van der Waals surface area (Å²) in [5, 5.41) is 0. The molecule has 0 aromatic carbocycles. The van der Waals surface area contributed by atoms with E-state index in [4.69, 9.17) is 19.0 Å². The van der Waals surface area contributed by atoms with Crippen LogP contribution in [-0.2, 0) is 13.3 Å². The van der Waals surface area contributed by atoms with Crippen LogP contribution in [0.25, 0.3) is 0 Å². The van der Waals surface area contributed by atoms with Crippen LogP contribution < -0.4 is 5.73 Å². The average Bonchev–Trinajstić information content (AvgIpc) is 2.36. The molecule has 0 aliphatic rings. The first kappa shape index (κ1) is 20.1. The molecule has 122 valence electrons. The topological polar surface area (TPSA) is 53.7 Å². The van der Waals surface area contributed by atoms with E-state index in [1.165, 1.54) is 0 Å². The summed E-state index contributed by atoms with van der Waals surface area (Å²) in [6.45, 7) is 15.6. The Kier molecular flexibility index (Phi) is 10.8. The fraction of sp³-hybridized carbons (Fsp3) is 1.00. The molecule has 5 heteroatoms. The van der Waals surface area contributed by atoms with Crippen molar-refractivity contribution in [2.24, 2.45) is 23.5 Å². The zero-order chi connectivity index (χ0) is 15.6. The number of hydrogen-bond acceptors (Lipinski definition) is 4. The van der Waals surface area contributed by atoms with Gasteiger partial charge in [0, 0.05) is 25.9 Å². The van der Waals surface area contributed by atoms with Crippen LogP contribution in [0.2, 0.25) is 6.04 Å². The van der Waals surface area contributed by atoms with Gasteiger partial charge in [-0.2, -0.15) is 0 Å². The molecule has 0 heterocycles. The van der Waals surface area contributed by atoms with E-state index >= 15 is 0 Å². The Morgan fingerprint density at radius 1 is 0.750 bits per heavy atom. The van der Waals surface area contributed by atoms with Crippen molar-refractivity contribution in [3.63, 3.8) is 0 Å².